The molecule has 0 bridgehead atoms. The summed E-state index contributed by atoms with van der Waals surface area (Å²) >= 11 is 7.89. The minimum absolute atomic E-state index is 0.392. The monoisotopic (exact) mass is 415 g/mol. The Kier molecular flexibility index (Phi) is 6.99. The number of hydrogen-bond acceptors (Lipinski definition) is 5. The molecular formula is C22H22ClNO3S. The Labute approximate surface area is 173 Å². The Bertz CT molecular complexity index is 917. The molecule has 3 rings (SSSR count). The predicted octanol–water partition coefficient (Wildman–Crippen LogP) is 4.21. The van der Waals surface area contributed by atoms with E-state index in [0.717, 1.165) is 21.1 Å². The summed E-state index contributed by atoms with van der Waals surface area (Å²) in [6.07, 6.45) is 0. The minimum Gasteiger partial charge on any atom is -0.489 e. The second-order valence-electron chi connectivity index (χ2n) is 6.47. The fraction of sp³-hybridized carbons (Fsp3) is 0.182. The summed E-state index contributed by atoms with van der Waals surface area (Å²) in [5.41, 5.74) is 6.39. The Balaban J connectivity index is 1.71. The van der Waals surface area contributed by atoms with Crippen molar-refractivity contribution in [3.8, 4) is 5.75 Å². The lowest BCUT2D eigenvalue weighted by molar-refractivity contribution is 0.121. The van der Waals surface area contributed by atoms with E-state index in [1.54, 1.807) is 23.9 Å². The van der Waals surface area contributed by atoms with E-state index >= 15 is 0 Å². The molecule has 0 radical (unpaired) electrons. The van der Waals surface area contributed by atoms with Gasteiger partial charge in [-0.3, -0.25) is 0 Å². The van der Waals surface area contributed by atoms with Gasteiger partial charge in [0.2, 0.25) is 0 Å². The molecule has 0 aliphatic heterocycles. The molecule has 0 aliphatic rings. The quantitative estimate of drug-likeness (QED) is 0.513. The van der Waals surface area contributed by atoms with Gasteiger partial charge in [-0.1, -0.05) is 65.8 Å². The fourth-order valence-corrected chi connectivity index (χ4v) is 4.03. The summed E-state index contributed by atoms with van der Waals surface area (Å²) in [7, 11) is 0. The molecule has 0 heterocycles. The van der Waals surface area contributed by atoms with Crippen LogP contribution in [0.5, 0.6) is 5.75 Å². The Morgan fingerprint density at radius 2 is 1.61 bits per heavy atom. The van der Waals surface area contributed by atoms with Gasteiger partial charge in [0.15, 0.2) is 0 Å². The summed E-state index contributed by atoms with van der Waals surface area (Å²) in [4.78, 5) is 1.94. The second kappa shape index (κ2) is 9.45. The first-order valence-corrected chi connectivity index (χ1v) is 9.99. The van der Waals surface area contributed by atoms with E-state index in [0.29, 0.717) is 17.2 Å². The molecule has 4 nitrogen and oxygen atoms in total. The van der Waals surface area contributed by atoms with Gasteiger partial charge in [0.05, 0.1) is 18.8 Å². The van der Waals surface area contributed by atoms with Crippen molar-refractivity contribution < 1.29 is 14.9 Å². The SMILES string of the molecule is NC(CO)(CO)c1ccc(Sc2cccc(OCc3ccccc3)c2)cc1Cl. The zero-order valence-electron chi connectivity index (χ0n) is 15.2. The summed E-state index contributed by atoms with van der Waals surface area (Å²) in [5.74, 6) is 0.790. The van der Waals surface area contributed by atoms with E-state index in [1.165, 1.54) is 0 Å². The zero-order valence-corrected chi connectivity index (χ0v) is 16.8. The lowest BCUT2D eigenvalue weighted by atomic mass is 9.93. The topological polar surface area (TPSA) is 75.7 Å². The number of nitrogens with two attached hydrogens (primary N) is 1. The van der Waals surface area contributed by atoms with Crippen LogP contribution in [0.3, 0.4) is 0 Å². The van der Waals surface area contributed by atoms with Crippen LogP contribution in [-0.4, -0.2) is 23.4 Å². The molecule has 0 saturated heterocycles. The fourth-order valence-electron chi connectivity index (χ4n) is 2.69. The number of benzene rings is 3. The molecular weight excluding hydrogens is 394 g/mol. The van der Waals surface area contributed by atoms with Crippen molar-refractivity contribution in [2.24, 2.45) is 5.73 Å². The van der Waals surface area contributed by atoms with Gasteiger partial charge in [-0.2, -0.15) is 0 Å². The molecule has 4 N–H and O–H groups in total. The largest absolute Gasteiger partial charge is 0.489 e. The second-order valence-corrected chi connectivity index (χ2v) is 8.02. The van der Waals surface area contributed by atoms with Crippen LogP contribution < -0.4 is 10.5 Å². The maximum atomic E-state index is 9.47. The molecule has 0 fully saturated rings. The van der Waals surface area contributed by atoms with Gasteiger partial charge in [0, 0.05) is 14.8 Å². The van der Waals surface area contributed by atoms with Crippen molar-refractivity contribution in [3.63, 3.8) is 0 Å². The van der Waals surface area contributed by atoms with Crippen molar-refractivity contribution >= 4 is 23.4 Å². The van der Waals surface area contributed by atoms with Crippen molar-refractivity contribution in [2.45, 2.75) is 21.9 Å². The van der Waals surface area contributed by atoms with Crippen LogP contribution >= 0.6 is 23.4 Å². The lowest BCUT2D eigenvalue weighted by Crippen LogP contribution is -2.44. The molecule has 0 unspecified atom stereocenters. The van der Waals surface area contributed by atoms with E-state index in [-0.39, 0.29) is 0 Å². The van der Waals surface area contributed by atoms with E-state index in [9.17, 15) is 10.2 Å². The van der Waals surface area contributed by atoms with Gasteiger partial charge >= 0.3 is 0 Å². The van der Waals surface area contributed by atoms with Gasteiger partial charge in [0.1, 0.15) is 12.4 Å². The first-order valence-electron chi connectivity index (χ1n) is 8.79. The smallest absolute Gasteiger partial charge is 0.120 e. The highest BCUT2D eigenvalue weighted by molar-refractivity contribution is 7.99. The number of halogens is 1. The zero-order chi connectivity index (χ0) is 20.0. The maximum absolute atomic E-state index is 9.47. The molecule has 3 aromatic rings. The Morgan fingerprint density at radius 1 is 0.893 bits per heavy atom. The number of ether oxygens (including phenoxy) is 1. The molecule has 0 amide bonds. The van der Waals surface area contributed by atoms with Gasteiger partial charge < -0.3 is 20.7 Å². The van der Waals surface area contributed by atoms with Crippen LogP contribution in [0.1, 0.15) is 11.1 Å². The summed E-state index contributed by atoms with van der Waals surface area (Å²) < 4.78 is 5.88. The summed E-state index contributed by atoms with van der Waals surface area (Å²) in [6.45, 7) is -0.274. The van der Waals surface area contributed by atoms with Crippen LogP contribution in [-0.2, 0) is 12.1 Å². The number of aliphatic hydroxyl groups is 2. The molecule has 0 atom stereocenters. The highest BCUT2D eigenvalue weighted by atomic mass is 35.5. The van der Waals surface area contributed by atoms with E-state index in [1.807, 2.05) is 60.7 Å². The first-order chi connectivity index (χ1) is 13.5. The molecule has 28 heavy (non-hydrogen) atoms. The third-order valence-electron chi connectivity index (χ3n) is 4.33. The lowest BCUT2D eigenvalue weighted by Gasteiger charge is -2.26. The molecule has 0 aromatic heterocycles. The van der Waals surface area contributed by atoms with Gasteiger partial charge in [-0.15, -0.1) is 0 Å². The number of rotatable bonds is 8. The van der Waals surface area contributed by atoms with Crippen LogP contribution in [0, 0.1) is 0 Å². The molecule has 0 spiro atoms. The van der Waals surface area contributed by atoms with Crippen molar-refractivity contribution in [2.75, 3.05) is 13.2 Å². The van der Waals surface area contributed by atoms with Crippen LogP contribution in [0.4, 0.5) is 0 Å². The normalized spacial score (nSPS) is 11.4. The van der Waals surface area contributed by atoms with Crippen LogP contribution in [0.2, 0.25) is 5.02 Å². The Morgan fingerprint density at radius 3 is 2.29 bits per heavy atom. The third kappa shape index (κ3) is 5.07. The van der Waals surface area contributed by atoms with Crippen LogP contribution in [0.25, 0.3) is 0 Å². The summed E-state index contributed by atoms with van der Waals surface area (Å²) in [6, 6.07) is 23.2. The highest BCUT2D eigenvalue weighted by Gasteiger charge is 2.28. The third-order valence-corrected chi connectivity index (χ3v) is 5.62. The number of aliphatic hydroxyl groups excluding tert-OH is 2. The first kappa shape index (κ1) is 20.7. The van der Waals surface area contributed by atoms with Crippen molar-refractivity contribution in [1.29, 1.82) is 0 Å². The molecule has 3 aromatic carbocycles. The van der Waals surface area contributed by atoms with E-state index < -0.39 is 18.8 Å². The highest BCUT2D eigenvalue weighted by Crippen LogP contribution is 2.35. The van der Waals surface area contributed by atoms with Crippen LogP contribution in [0.15, 0.2) is 82.6 Å². The molecule has 6 heteroatoms. The average molecular weight is 416 g/mol. The van der Waals surface area contributed by atoms with E-state index in [4.69, 9.17) is 22.1 Å². The summed E-state index contributed by atoms with van der Waals surface area (Å²) in [5, 5.41) is 19.3. The average Bonchev–Trinajstić information content (AvgIpc) is 2.73. The van der Waals surface area contributed by atoms with Gasteiger partial charge in [0.25, 0.3) is 0 Å². The predicted molar refractivity (Wildman–Crippen MR) is 113 cm³/mol. The minimum atomic E-state index is -1.26. The van der Waals surface area contributed by atoms with Crippen molar-refractivity contribution in [3.05, 3.63) is 88.9 Å². The van der Waals surface area contributed by atoms with Gasteiger partial charge in [-0.25, -0.2) is 0 Å². The van der Waals surface area contributed by atoms with Gasteiger partial charge in [-0.05, 0) is 41.5 Å². The maximum Gasteiger partial charge on any atom is 0.120 e. The Hall–Kier alpha value is -2.02. The molecule has 0 saturated carbocycles. The molecule has 0 aliphatic carbocycles. The van der Waals surface area contributed by atoms with Crippen molar-refractivity contribution in [1.82, 2.24) is 0 Å². The van der Waals surface area contributed by atoms with E-state index in [2.05, 4.69) is 0 Å². The molecule has 146 valence electrons. The number of hydrogen-bond donors (Lipinski definition) is 3. The standard InChI is InChI=1S/C22H22ClNO3S/c23-21-12-19(9-10-20(21)22(24,14-25)15-26)28-18-8-4-7-17(11-18)27-13-16-5-2-1-3-6-16/h1-12,25-26H,13-15,24H2.